The molecule has 6 nitrogen and oxygen atoms in total. The first kappa shape index (κ1) is 31.7. The number of allylic oxidation sites excluding steroid dienone is 1. The number of rotatable bonds is 5. The van der Waals surface area contributed by atoms with Crippen LogP contribution >= 0.6 is 46.6 Å². The fourth-order valence-electron chi connectivity index (χ4n) is 7.06. The van der Waals surface area contributed by atoms with E-state index in [-0.39, 0.29) is 35.6 Å². The van der Waals surface area contributed by atoms with Crippen LogP contribution in [0.1, 0.15) is 23.1 Å². The number of ether oxygens (including phenoxy) is 2. The van der Waals surface area contributed by atoms with Crippen molar-refractivity contribution >= 4 is 76.5 Å². The number of benzene rings is 3. The molecule has 0 saturated heterocycles. The second-order valence-electron chi connectivity index (χ2n) is 11.7. The third-order valence-electron chi connectivity index (χ3n) is 9.10. The van der Waals surface area contributed by atoms with Gasteiger partial charge in [0.05, 0.1) is 36.6 Å². The number of pyridine rings is 1. The van der Waals surface area contributed by atoms with E-state index in [4.69, 9.17) is 14.5 Å². The fourth-order valence-corrected chi connectivity index (χ4v) is 8.18. The van der Waals surface area contributed by atoms with Gasteiger partial charge in [0.1, 0.15) is 18.5 Å². The van der Waals surface area contributed by atoms with Crippen LogP contribution in [0.4, 0.5) is 14.4 Å². The summed E-state index contributed by atoms with van der Waals surface area (Å²) in [5.41, 5.74) is 7.40. The Balaban J connectivity index is 0.00000351. The summed E-state index contributed by atoms with van der Waals surface area (Å²) in [4.78, 5) is 5.24. The van der Waals surface area contributed by atoms with Crippen LogP contribution in [0.5, 0.6) is 11.5 Å². The average Bonchev–Trinajstić information content (AvgIpc) is 3.57. The van der Waals surface area contributed by atoms with Gasteiger partial charge in [0.15, 0.2) is 12.4 Å². The molecule has 0 unspecified atom stereocenters. The lowest BCUT2D eigenvalue weighted by atomic mass is 9.83. The summed E-state index contributed by atoms with van der Waals surface area (Å²) in [5.74, 6) is 1.90. The smallest absolute Gasteiger partial charge is 0.497 e. The fraction of sp³-hybridized carbons (Fsp3) is 0.139. The number of methoxy groups -OCH3 is 2. The second-order valence-corrected chi connectivity index (χ2v) is 12.8. The largest absolute Gasteiger partial charge is 0.642 e. The third kappa shape index (κ3) is 4.87. The number of aryl methyl sites for hydroxylation is 2. The number of hydrogen-bond acceptors (Lipinski definition) is 3. The van der Waals surface area contributed by atoms with Crippen molar-refractivity contribution in [2.45, 2.75) is 12.8 Å². The molecule has 0 fully saturated rings. The van der Waals surface area contributed by atoms with Gasteiger partial charge in [0.2, 0.25) is 5.82 Å². The quantitative estimate of drug-likeness (QED) is 0.102. The number of hydrogen-bond donors (Lipinski definition) is 0. The molecule has 0 N–H and O–H groups in total. The van der Waals surface area contributed by atoms with Gasteiger partial charge in [-0.25, -0.2) is 4.57 Å². The lowest BCUT2D eigenvalue weighted by molar-refractivity contribution is -0.671. The zero-order valence-electron chi connectivity index (χ0n) is 25.9. The summed E-state index contributed by atoms with van der Waals surface area (Å²) < 4.78 is 51.7. The number of halogens is 4. The third-order valence-corrected chi connectivity index (χ3v) is 10.1. The van der Waals surface area contributed by atoms with Crippen molar-refractivity contribution in [1.29, 1.82) is 0 Å². The molecule has 2 aliphatic heterocycles. The first-order valence-corrected chi connectivity index (χ1v) is 16.2. The topological polar surface area (TPSA) is 42.6 Å². The van der Waals surface area contributed by atoms with Gasteiger partial charge in [0.25, 0.3) is 5.84 Å². The highest BCUT2D eigenvalue weighted by atomic mass is 127. The number of amidine groups is 1. The Morgan fingerprint density at radius 3 is 2.26 bits per heavy atom. The molecule has 1 aliphatic carbocycles. The highest BCUT2D eigenvalue weighted by Crippen LogP contribution is 2.50. The summed E-state index contributed by atoms with van der Waals surface area (Å²) in [7, 11) is 5.15. The van der Waals surface area contributed by atoms with Crippen molar-refractivity contribution < 1.29 is 27.2 Å². The van der Waals surface area contributed by atoms with Crippen LogP contribution in [0, 0.1) is 3.57 Å². The van der Waals surface area contributed by atoms with Gasteiger partial charge < -0.3 is 27.1 Å². The van der Waals surface area contributed by atoms with E-state index in [1.165, 1.54) is 8.96 Å². The zero-order chi connectivity index (χ0) is 31.7. The van der Waals surface area contributed by atoms with E-state index in [0.717, 1.165) is 33.4 Å². The molecule has 0 radical (unpaired) electrons. The first-order valence-electron chi connectivity index (χ1n) is 15.1. The van der Waals surface area contributed by atoms with Gasteiger partial charge in [-0.15, -0.1) is 24.0 Å². The van der Waals surface area contributed by atoms with Crippen molar-refractivity contribution in [3.8, 4) is 33.9 Å². The molecule has 2 aromatic heterocycles. The Morgan fingerprint density at radius 1 is 0.851 bits per heavy atom. The van der Waals surface area contributed by atoms with Crippen LogP contribution in [0.15, 0.2) is 108 Å². The molecule has 11 heteroatoms. The molecule has 5 aromatic rings. The standard InChI is InChI=1S/C36H29BF2IN4O2.HI/c1-42-19-7-10-25(21-42)31-32(40)33(23-11-14-26(45-2)15-12-23)43-36(31)41-35-30(22-8-5-4-6-9-22)29-17-13-24-20-27(46-3)16-18-28(24)34(29)44(35)37(43,38)39;/h4-12,14-16,18-21H,13,17H2,1-3H3;1H/q+1;. The van der Waals surface area contributed by atoms with E-state index >= 15 is 8.63 Å². The zero-order valence-corrected chi connectivity index (χ0v) is 30.4. The van der Waals surface area contributed by atoms with Gasteiger partial charge >= 0.3 is 6.97 Å². The molecule has 0 atom stereocenters. The van der Waals surface area contributed by atoms with Gasteiger partial charge in [-0.2, -0.15) is 0 Å². The minimum atomic E-state index is -4.43. The molecule has 47 heavy (non-hydrogen) atoms. The van der Waals surface area contributed by atoms with Crippen molar-refractivity contribution in [3.63, 3.8) is 0 Å². The second kappa shape index (κ2) is 12.0. The number of nitrogens with zero attached hydrogens (tertiary/aromatic N) is 4. The van der Waals surface area contributed by atoms with E-state index in [1.54, 1.807) is 26.4 Å². The van der Waals surface area contributed by atoms with Gasteiger partial charge in [-0.3, -0.25) is 0 Å². The van der Waals surface area contributed by atoms with Crippen molar-refractivity contribution in [1.82, 2.24) is 4.48 Å². The maximum absolute atomic E-state index is 17.9. The molecule has 0 saturated carbocycles. The van der Waals surface area contributed by atoms with Crippen molar-refractivity contribution in [2.24, 2.45) is 12.0 Å². The molecule has 236 valence electrons. The summed E-state index contributed by atoms with van der Waals surface area (Å²) in [6.07, 6.45) is 5.21. The highest BCUT2D eigenvalue weighted by molar-refractivity contribution is 14.1. The maximum atomic E-state index is 17.9. The molecule has 0 amide bonds. The Labute approximate surface area is 302 Å². The molecule has 4 heterocycles. The molecular formula is C36H30BF2I2N4O2+. The predicted molar refractivity (Wildman–Crippen MR) is 201 cm³/mol. The molecule has 8 rings (SSSR count). The highest BCUT2D eigenvalue weighted by Gasteiger charge is 2.56. The van der Waals surface area contributed by atoms with E-state index < -0.39 is 6.97 Å². The molecule has 3 aromatic carbocycles. The molecule has 0 spiro atoms. The Morgan fingerprint density at radius 2 is 1.55 bits per heavy atom. The lowest BCUT2D eigenvalue weighted by Gasteiger charge is -2.33. The van der Waals surface area contributed by atoms with Gasteiger partial charge in [-0.1, -0.05) is 30.3 Å². The molecule has 0 bridgehead atoms. The van der Waals surface area contributed by atoms with Crippen LogP contribution < -0.4 is 14.0 Å². The average molecular weight is 853 g/mol. The lowest BCUT2D eigenvalue weighted by Crippen LogP contribution is -2.53. The SMILES string of the molecule is COc1ccc(-c2c(I)c(-c3ccc[n+](C)c3)c3n2[B-](F)(F)[N+]2=C4C(=C(c5ccccc5)C2=N3)CCc2cc(OC)ccc24)cc1.I. The minimum Gasteiger partial charge on any atom is -0.497 e. The maximum Gasteiger partial charge on any atom is 0.642 e. The van der Waals surface area contributed by atoms with Crippen LogP contribution in [-0.4, -0.2) is 41.7 Å². The van der Waals surface area contributed by atoms with Gasteiger partial charge in [-0.05, 0) is 106 Å². The van der Waals surface area contributed by atoms with E-state index in [9.17, 15) is 0 Å². The van der Waals surface area contributed by atoms with Crippen molar-refractivity contribution in [2.75, 3.05) is 14.2 Å². The number of fused-ring (bicyclic) bond motifs is 5. The summed E-state index contributed by atoms with van der Waals surface area (Å²) in [5, 5.41) is 0. The Hall–Kier alpha value is -3.85. The molecular weight excluding hydrogens is 823 g/mol. The number of aromatic nitrogens is 2. The van der Waals surface area contributed by atoms with Crippen LogP contribution in [0.3, 0.4) is 0 Å². The Bertz CT molecular complexity index is 2180. The molecule has 3 aliphatic rings. The summed E-state index contributed by atoms with van der Waals surface area (Å²) in [6.45, 7) is -4.43. The first-order chi connectivity index (χ1) is 22.3. The van der Waals surface area contributed by atoms with E-state index in [0.29, 0.717) is 50.4 Å². The normalized spacial score (nSPS) is 15.7. The van der Waals surface area contributed by atoms with Crippen molar-refractivity contribution in [3.05, 3.63) is 123 Å². The number of aliphatic imine (C=N–C) groups is 1. The van der Waals surface area contributed by atoms with Crippen LogP contribution in [-0.2, 0) is 13.5 Å². The minimum absolute atomic E-state index is 0. The van der Waals surface area contributed by atoms with Crippen LogP contribution in [0.2, 0.25) is 0 Å². The monoisotopic (exact) mass is 853 g/mol. The van der Waals surface area contributed by atoms with Crippen LogP contribution in [0.25, 0.3) is 28.0 Å². The van der Waals surface area contributed by atoms with E-state index in [1.807, 2.05) is 96.8 Å². The van der Waals surface area contributed by atoms with E-state index in [2.05, 4.69) is 22.6 Å². The summed E-state index contributed by atoms with van der Waals surface area (Å²) >= 11 is 2.22. The van der Waals surface area contributed by atoms with Gasteiger partial charge in [0, 0.05) is 26.5 Å². The predicted octanol–water partition coefficient (Wildman–Crippen LogP) is 8.07. The summed E-state index contributed by atoms with van der Waals surface area (Å²) in [6, 6.07) is 26.7. The Kier molecular flexibility index (Phi) is 8.10.